The summed E-state index contributed by atoms with van der Waals surface area (Å²) in [4.78, 5) is 0. The summed E-state index contributed by atoms with van der Waals surface area (Å²) in [6.45, 7) is -1.62. The molecule has 1 N–H and O–H groups in total. The quantitative estimate of drug-likeness (QED) is 0.560. The van der Waals surface area contributed by atoms with Crippen LogP contribution >= 0.6 is 0 Å². The van der Waals surface area contributed by atoms with Crippen LogP contribution in [0.1, 0.15) is 44.2 Å². The number of nitrogens with zero attached hydrogens (tertiary/aromatic N) is 2. The first-order valence-electron chi connectivity index (χ1n) is 12.0. The topological polar surface area (TPSA) is 75.4 Å². The zero-order chi connectivity index (χ0) is 25.3. The third-order valence-electron chi connectivity index (χ3n) is 8.20. The van der Waals surface area contributed by atoms with Crippen LogP contribution in [0.3, 0.4) is 0 Å². The second kappa shape index (κ2) is 8.26. The van der Waals surface area contributed by atoms with Crippen molar-refractivity contribution in [1.29, 1.82) is 0 Å². The number of halogens is 4. The molecule has 1 saturated heterocycles. The van der Waals surface area contributed by atoms with Crippen molar-refractivity contribution >= 4 is 15.8 Å². The minimum Gasteiger partial charge on any atom is -0.356 e. The summed E-state index contributed by atoms with van der Waals surface area (Å²) in [5, 5.41) is 4.22. The van der Waals surface area contributed by atoms with Gasteiger partial charge < -0.3 is 4.52 Å². The highest BCUT2D eigenvalue weighted by Gasteiger charge is 2.60. The highest BCUT2D eigenvalue weighted by Crippen LogP contribution is 2.54. The molecule has 1 aromatic carbocycles. The minimum atomic E-state index is -4.59. The Hall–Kier alpha value is -2.50. The Morgan fingerprint density at radius 2 is 1.83 bits per heavy atom. The van der Waals surface area contributed by atoms with E-state index in [2.05, 4.69) is 16.0 Å². The minimum absolute atomic E-state index is 0.0323. The molecule has 4 aliphatic rings. The number of hydrogen-bond acceptors (Lipinski definition) is 4. The molecule has 1 aromatic heterocycles. The van der Waals surface area contributed by atoms with Crippen LogP contribution in [0.25, 0.3) is 16.9 Å². The third kappa shape index (κ3) is 4.10. The molecule has 6 rings (SSSR count). The molecule has 1 saturated carbocycles. The molecule has 6 nitrogen and oxygen atoms in total. The van der Waals surface area contributed by atoms with E-state index in [4.69, 9.17) is 4.52 Å². The molecule has 2 heterocycles. The van der Waals surface area contributed by atoms with Gasteiger partial charge in [-0.25, -0.2) is 4.39 Å². The molecule has 36 heavy (non-hydrogen) atoms. The first kappa shape index (κ1) is 23.9. The molecule has 1 spiro atoms. The zero-order valence-electron chi connectivity index (χ0n) is 19.3. The van der Waals surface area contributed by atoms with Crippen molar-refractivity contribution in [2.45, 2.75) is 50.2 Å². The van der Waals surface area contributed by atoms with Crippen LogP contribution in [0.5, 0.6) is 0 Å². The molecule has 192 valence electrons. The van der Waals surface area contributed by atoms with Gasteiger partial charge in [-0.1, -0.05) is 16.8 Å². The molecule has 1 aliphatic heterocycles. The van der Waals surface area contributed by atoms with Crippen LogP contribution in [-0.2, 0) is 10.2 Å². The highest BCUT2D eigenvalue weighted by molar-refractivity contribution is 7.87. The van der Waals surface area contributed by atoms with Crippen LogP contribution in [0, 0.1) is 17.7 Å². The second-order valence-electron chi connectivity index (χ2n) is 10.3. The van der Waals surface area contributed by atoms with E-state index in [0.29, 0.717) is 28.6 Å². The van der Waals surface area contributed by atoms with Gasteiger partial charge in [-0.2, -0.15) is 30.6 Å². The van der Waals surface area contributed by atoms with Gasteiger partial charge in [-0.05, 0) is 85.8 Å². The number of nitrogens with one attached hydrogen (secondary N) is 1. The summed E-state index contributed by atoms with van der Waals surface area (Å²) in [6, 6.07) is 7.80. The van der Waals surface area contributed by atoms with Gasteiger partial charge in [0.1, 0.15) is 18.1 Å². The molecule has 3 atom stereocenters. The number of aromatic nitrogens is 1. The van der Waals surface area contributed by atoms with Gasteiger partial charge in [0.05, 0.1) is 5.54 Å². The molecule has 11 heteroatoms. The van der Waals surface area contributed by atoms with Gasteiger partial charge in [0.25, 0.3) is 10.2 Å². The lowest BCUT2D eigenvalue weighted by Crippen LogP contribution is -2.51. The molecule has 0 radical (unpaired) electrons. The van der Waals surface area contributed by atoms with E-state index in [1.807, 2.05) is 6.07 Å². The first-order chi connectivity index (χ1) is 17.0. The Morgan fingerprint density at radius 1 is 1.11 bits per heavy atom. The average Bonchev–Trinajstić information content (AvgIpc) is 3.43. The third-order valence-corrected chi connectivity index (χ3v) is 9.77. The lowest BCUT2D eigenvalue weighted by atomic mass is 9.79. The van der Waals surface area contributed by atoms with Crippen molar-refractivity contribution in [1.82, 2.24) is 14.2 Å². The van der Waals surface area contributed by atoms with Crippen LogP contribution in [-0.4, -0.2) is 42.7 Å². The summed E-state index contributed by atoms with van der Waals surface area (Å²) in [5.41, 5.74) is 3.92. The maximum absolute atomic E-state index is 13.2. The summed E-state index contributed by atoms with van der Waals surface area (Å²) in [5.74, 6) is 0.0925. The molecule has 2 aromatic rings. The van der Waals surface area contributed by atoms with Gasteiger partial charge >= 0.3 is 6.18 Å². The van der Waals surface area contributed by atoms with Gasteiger partial charge in [0.15, 0.2) is 5.76 Å². The van der Waals surface area contributed by atoms with E-state index in [-0.39, 0.29) is 24.2 Å². The van der Waals surface area contributed by atoms with Gasteiger partial charge in [0, 0.05) is 18.2 Å². The Morgan fingerprint density at radius 3 is 2.56 bits per heavy atom. The van der Waals surface area contributed by atoms with Crippen LogP contribution in [0.2, 0.25) is 0 Å². The maximum atomic E-state index is 13.2. The van der Waals surface area contributed by atoms with Gasteiger partial charge in [0.2, 0.25) is 0 Å². The van der Waals surface area contributed by atoms with E-state index >= 15 is 0 Å². The van der Waals surface area contributed by atoms with Gasteiger partial charge in [-0.15, -0.1) is 0 Å². The predicted octanol–water partition coefficient (Wildman–Crippen LogP) is 5.23. The number of allylic oxidation sites excluding steroid dienone is 4. The lowest BCUT2D eigenvalue weighted by molar-refractivity contribution is -0.136. The Balaban J connectivity index is 1.26. The molecule has 3 aliphatic carbocycles. The Labute approximate surface area is 206 Å². The fourth-order valence-electron chi connectivity index (χ4n) is 6.51. The van der Waals surface area contributed by atoms with Crippen LogP contribution in [0.4, 0.5) is 17.6 Å². The number of hydrogen-bond donors (Lipinski definition) is 1. The van der Waals surface area contributed by atoms with Crippen molar-refractivity contribution in [3.05, 3.63) is 59.1 Å². The summed E-state index contributed by atoms with van der Waals surface area (Å²) in [7, 11) is -4.20. The first-order valence-corrected chi connectivity index (χ1v) is 13.5. The van der Waals surface area contributed by atoms with Crippen molar-refractivity contribution < 1.29 is 30.5 Å². The van der Waals surface area contributed by atoms with Crippen LogP contribution < -0.4 is 4.72 Å². The fraction of sp³-hybridized carbons (Fsp3) is 0.480. The number of benzene rings is 1. The van der Waals surface area contributed by atoms with E-state index in [9.17, 15) is 26.0 Å². The molecule has 0 unspecified atom stereocenters. The van der Waals surface area contributed by atoms with Gasteiger partial charge in [-0.3, -0.25) is 0 Å². The molecule has 2 fully saturated rings. The summed E-state index contributed by atoms with van der Waals surface area (Å²) < 4.78 is 86.6. The summed E-state index contributed by atoms with van der Waals surface area (Å²) in [6.07, 6.45) is 1.89. The molecular weight excluding hydrogens is 498 g/mol. The fourth-order valence-corrected chi connectivity index (χ4v) is 8.21. The normalized spacial score (nSPS) is 29.9. The number of rotatable bonds is 3. The van der Waals surface area contributed by atoms with E-state index in [0.717, 1.165) is 42.4 Å². The average molecular weight is 524 g/mol. The number of alkyl halides is 3. The predicted molar refractivity (Wildman–Crippen MR) is 124 cm³/mol. The second-order valence-corrected chi connectivity index (χ2v) is 12.0. The monoisotopic (exact) mass is 523 g/mol. The smallest absolute Gasteiger partial charge is 0.356 e. The molecule has 0 amide bonds. The Kier molecular flexibility index (Phi) is 5.47. The maximum Gasteiger partial charge on any atom is 0.402 e. The van der Waals surface area contributed by atoms with Crippen molar-refractivity contribution in [3.8, 4) is 11.3 Å². The molecular formula is C25H25F4N3O3S. The lowest BCUT2D eigenvalue weighted by Gasteiger charge is -2.34. The van der Waals surface area contributed by atoms with E-state index in [1.165, 1.54) is 17.7 Å². The van der Waals surface area contributed by atoms with Crippen molar-refractivity contribution in [3.63, 3.8) is 0 Å². The SMILES string of the molecule is O=S1(=O)N[C@@]2(CN1CC(F)(F)F)[C@@H]1CC[C@H]2CC2=C(C=C(c3cc(-c4ccc(F)cc4)on3)CC2)C1. The largest absolute Gasteiger partial charge is 0.402 e. The van der Waals surface area contributed by atoms with E-state index < -0.39 is 28.5 Å². The Bertz CT molecular complexity index is 1360. The highest BCUT2D eigenvalue weighted by atomic mass is 32.2. The van der Waals surface area contributed by atoms with Crippen molar-refractivity contribution in [2.24, 2.45) is 11.8 Å². The zero-order valence-corrected chi connectivity index (χ0v) is 20.1. The standard InChI is InChI=1S/C25H25F4N3O3S/c26-21-7-3-15(4-8-21)23-12-22(30-35-23)17-2-1-16-10-19-5-6-20(11-18(16)9-17)24(19)13-32(14-25(27,28)29)36(33,34)31-24/h3-4,7-9,12,19-20,31H,1-2,5-6,10-11,13-14H2/t19-,20+,24+/m0/s1. The van der Waals surface area contributed by atoms with E-state index in [1.54, 1.807) is 12.1 Å². The van der Waals surface area contributed by atoms with Crippen LogP contribution in [0.15, 0.2) is 52.1 Å². The molecule has 2 bridgehead atoms. The summed E-state index contributed by atoms with van der Waals surface area (Å²) >= 11 is 0. The van der Waals surface area contributed by atoms with Crippen molar-refractivity contribution in [2.75, 3.05) is 13.1 Å².